The molecular formula is C11H15N5O8P2. The summed E-state index contributed by atoms with van der Waals surface area (Å²) in [5, 5.41) is 20.3. The molecule has 3 rings (SSSR count). The third-order valence-electron chi connectivity index (χ3n) is 3.73. The number of imidazole rings is 1. The lowest BCUT2D eigenvalue weighted by atomic mass is 10.1. The van der Waals surface area contributed by atoms with Gasteiger partial charge in [-0.15, -0.1) is 0 Å². The van der Waals surface area contributed by atoms with Crippen molar-refractivity contribution in [1.82, 2.24) is 19.5 Å². The molecule has 5 N–H and O–H groups in total. The van der Waals surface area contributed by atoms with Crippen LogP contribution in [0.5, 0.6) is 0 Å². The Balaban J connectivity index is 1.76. The van der Waals surface area contributed by atoms with Crippen molar-refractivity contribution in [3.8, 4) is 0 Å². The summed E-state index contributed by atoms with van der Waals surface area (Å²) in [5.74, 6) is -0.936. The Morgan fingerprint density at radius 1 is 1.38 bits per heavy atom. The van der Waals surface area contributed by atoms with Gasteiger partial charge in [-0.3, -0.25) is 9.13 Å². The minimum Gasteiger partial charge on any atom is -0.595 e. The van der Waals surface area contributed by atoms with Crippen molar-refractivity contribution in [3.63, 3.8) is 0 Å². The van der Waals surface area contributed by atoms with E-state index in [9.17, 15) is 29.1 Å². The number of hydrogen-bond donors (Lipinski definition) is 4. The van der Waals surface area contributed by atoms with Crippen LogP contribution in [0.3, 0.4) is 0 Å². The van der Waals surface area contributed by atoms with E-state index >= 15 is 0 Å². The van der Waals surface area contributed by atoms with E-state index < -0.39 is 52.7 Å². The number of aliphatic hydroxyl groups excluding tert-OH is 2. The fraction of sp³-hybridized carbons (Fsp3) is 0.545. The van der Waals surface area contributed by atoms with E-state index in [1.807, 2.05) is 0 Å². The zero-order chi connectivity index (χ0) is 19.1. The minimum atomic E-state index is -4.40. The van der Waals surface area contributed by atoms with Crippen molar-refractivity contribution in [2.45, 2.75) is 24.5 Å². The van der Waals surface area contributed by atoms with Crippen LogP contribution in [0, 0.1) is 0 Å². The van der Waals surface area contributed by atoms with Crippen LogP contribution >= 0.6 is 15.6 Å². The van der Waals surface area contributed by atoms with E-state index in [0.717, 1.165) is 0 Å². The second kappa shape index (κ2) is 7.22. The van der Waals surface area contributed by atoms with Crippen molar-refractivity contribution in [2.24, 2.45) is 0 Å². The van der Waals surface area contributed by atoms with Gasteiger partial charge >= 0.3 is 15.6 Å². The summed E-state index contributed by atoms with van der Waals surface area (Å²) in [6, 6.07) is 0. The van der Waals surface area contributed by atoms with Gasteiger partial charge in [-0.2, -0.15) is 0 Å². The summed E-state index contributed by atoms with van der Waals surface area (Å²) in [4.78, 5) is 31.8. The van der Waals surface area contributed by atoms with Crippen molar-refractivity contribution >= 4 is 32.6 Å². The molecule has 1 aliphatic rings. The van der Waals surface area contributed by atoms with E-state index in [1.54, 1.807) is 0 Å². The third-order valence-corrected chi connectivity index (χ3v) is 6.64. The van der Waals surface area contributed by atoms with Crippen LogP contribution in [-0.4, -0.2) is 65.4 Å². The van der Waals surface area contributed by atoms with Crippen molar-refractivity contribution in [2.75, 3.05) is 18.2 Å². The van der Waals surface area contributed by atoms with Gasteiger partial charge in [0.25, 0.3) is 0 Å². The summed E-state index contributed by atoms with van der Waals surface area (Å²) in [6.07, 6.45) is -2.70. The second-order valence-corrected chi connectivity index (χ2v) is 8.87. The summed E-state index contributed by atoms with van der Waals surface area (Å²) in [5.41, 5.74) is 6.22. The monoisotopic (exact) mass is 407 g/mol. The smallest absolute Gasteiger partial charge is 0.375 e. The molecule has 0 aromatic carbocycles. The highest BCUT2D eigenvalue weighted by Crippen LogP contribution is 2.48. The van der Waals surface area contributed by atoms with Crippen LogP contribution < -0.4 is 10.6 Å². The van der Waals surface area contributed by atoms with Crippen molar-refractivity contribution in [1.29, 1.82) is 0 Å². The number of rotatable bonds is 6. The number of aromatic nitrogens is 4. The molecule has 0 spiro atoms. The van der Waals surface area contributed by atoms with Gasteiger partial charge in [-0.1, -0.05) is 4.57 Å². The SMILES string of the molecule is Nc1ncnc2c1ncn2[C@@H]1O[C@H](COP(=O)(O)C[P+](=O)[O-])[C@@H](O)[C@H]1O. The Hall–Kier alpha value is -1.56. The molecule has 142 valence electrons. The maximum absolute atomic E-state index is 11.6. The van der Waals surface area contributed by atoms with E-state index in [-0.39, 0.29) is 17.0 Å². The molecule has 2 aromatic heterocycles. The van der Waals surface area contributed by atoms with Gasteiger partial charge in [-0.05, 0) is 0 Å². The van der Waals surface area contributed by atoms with Gasteiger partial charge in [-0.25, -0.2) is 15.0 Å². The lowest BCUT2D eigenvalue weighted by Gasteiger charge is -2.16. The molecule has 0 aliphatic carbocycles. The largest absolute Gasteiger partial charge is 0.595 e. The first-order chi connectivity index (χ1) is 12.2. The maximum atomic E-state index is 11.6. The number of anilines is 1. The van der Waals surface area contributed by atoms with E-state index in [2.05, 4.69) is 19.5 Å². The predicted molar refractivity (Wildman–Crippen MR) is 83.9 cm³/mol. The predicted octanol–water partition coefficient (Wildman–Crippen LogP) is -1.71. The Kier molecular flexibility index (Phi) is 5.33. The van der Waals surface area contributed by atoms with Gasteiger partial charge in [0, 0.05) is 0 Å². The van der Waals surface area contributed by atoms with Gasteiger partial charge in [0.15, 0.2) is 17.7 Å². The number of nitrogens with zero attached hydrogens (tertiary/aromatic N) is 4. The Morgan fingerprint density at radius 3 is 2.81 bits per heavy atom. The summed E-state index contributed by atoms with van der Waals surface area (Å²) in [7, 11) is -7.52. The number of fused-ring (bicyclic) bond motifs is 1. The minimum absolute atomic E-state index is 0.120. The van der Waals surface area contributed by atoms with Crippen LogP contribution in [0.4, 0.5) is 5.82 Å². The summed E-state index contributed by atoms with van der Waals surface area (Å²) in [6.45, 7) is -0.602. The lowest BCUT2D eigenvalue weighted by Crippen LogP contribution is -2.33. The first kappa shape index (κ1) is 19.2. The topological polar surface area (TPSA) is 206 Å². The van der Waals surface area contributed by atoms with E-state index in [1.165, 1.54) is 17.2 Å². The fourth-order valence-electron chi connectivity index (χ4n) is 2.53. The molecule has 1 saturated heterocycles. The highest BCUT2D eigenvalue weighted by molar-refractivity contribution is 7.64. The van der Waals surface area contributed by atoms with Crippen LogP contribution in [0.1, 0.15) is 6.23 Å². The average Bonchev–Trinajstić information content (AvgIpc) is 3.08. The molecule has 26 heavy (non-hydrogen) atoms. The van der Waals surface area contributed by atoms with E-state index in [4.69, 9.17) is 10.5 Å². The molecule has 0 amide bonds. The van der Waals surface area contributed by atoms with Crippen LogP contribution in [-0.2, 0) is 18.4 Å². The molecule has 2 aromatic rings. The molecule has 6 atom stereocenters. The van der Waals surface area contributed by atoms with Gasteiger partial charge < -0.3 is 35.0 Å². The number of aliphatic hydroxyl groups is 2. The number of hydrogen-bond acceptors (Lipinski definition) is 11. The molecule has 0 bridgehead atoms. The first-order valence-electron chi connectivity index (χ1n) is 7.22. The van der Waals surface area contributed by atoms with Crippen LogP contribution in [0.2, 0.25) is 0 Å². The van der Waals surface area contributed by atoms with Crippen molar-refractivity contribution < 1.29 is 38.4 Å². The summed E-state index contributed by atoms with van der Waals surface area (Å²) < 4.78 is 33.6. The molecular weight excluding hydrogens is 392 g/mol. The molecule has 1 fully saturated rings. The standard InChI is InChI=1S/C11H15N5O8P2/c12-9-6-10(14-2-13-9)16(3-15-6)11-8(18)7(17)5(24-11)1-23-26(21,22)4-25(19)20/h2-3,5,7-8,11,17-18H,1,4H2,(H,21,22)(H2,12,13,14)/t5-,7-,8-,11-/m1/s1. The van der Waals surface area contributed by atoms with Gasteiger partial charge in [0.2, 0.25) is 5.90 Å². The zero-order valence-corrected chi connectivity index (χ0v) is 14.8. The fourth-order valence-corrected chi connectivity index (χ4v) is 4.40. The van der Waals surface area contributed by atoms with Gasteiger partial charge in [0.1, 0.15) is 30.2 Å². The van der Waals surface area contributed by atoms with Crippen LogP contribution in [0.15, 0.2) is 12.7 Å². The normalized spacial score (nSPS) is 29.0. The highest BCUT2D eigenvalue weighted by Gasteiger charge is 2.45. The van der Waals surface area contributed by atoms with Crippen LogP contribution in [0.25, 0.3) is 11.2 Å². The quantitative estimate of drug-likeness (QED) is 0.395. The third kappa shape index (κ3) is 3.75. The number of nitrogen functional groups attached to an aromatic ring is 1. The molecule has 13 nitrogen and oxygen atoms in total. The molecule has 2 unspecified atom stereocenters. The molecule has 3 heterocycles. The van der Waals surface area contributed by atoms with E-state index in [0.29, 0.717) is 0 Å². The Labute approximate surface area is 146 Å². The average molecular weight is 407 g/mol. The molecule has 0 radical (unpaired) electrons. The highest BCUT2D eigenvalue weighted by atomic mass is 31.2. The Bertz CT molecular complexity index is 877. The Morgan fingerprint density at radius 2 is 2.12 bits per heavy atom. The lowest BCUT2D eigenvalue weighted by molar-refractivity contribution is -0.163. The summed E-state index contributed by atoms with van der Waals surface area (Å²) >= 11 is 0. The first-order valence-corrected chi connectivity index (χ1v) is 10.3. The molecule has 1 aliphatic heterocycles. The number of nitrogens with two attached hydrogens (primary N) is 1. The van der Waals surface area contributed by atoms with Crippen molar-refractivity contribution in [3.05, 3.63) is 12.7 Å². The second-order valence-electron chi connectivity index (χ2n) is 5.54. The maximum Gasteiger partial charge on any atom is 0.375 e. The zero-order valence-electron chi connectivity index (χ0n) is 13.0. The molecule has 0 saturated carbocycles. The number of ether oxygens (including phenoxy) is 1. The van der Waals surface area contributed by atoms with Gasteiger partial charge in [0.05, 0.1) is 12.9 Å². The molecule has 15 heteroatoms.